The Kier molecular flexibility index (Phi) is 9.72. The molecule has 160 valence electrons. The zero-order valence-electron chi connectivity index (χ0n) is 18.5. The van der Waals surface area contributed by atoms with Gasteiger partial charge in [-0.05, 0) is 43.5 Å². The summed E-state index contributed by atoms with van der Waals surface area (Å²) in [6, 6.07) is 5.62. The molecule has 2 aromatic rings. The summed E-state index contributed by atoms with van der Waals surface area (Å²) in [7, 11) is 0. The minimum absolute atomic E-state index is 0.305. The van der Waals surface area contributed by atoms with Crippen LogP contribution in [0.4, 0.5) is 10.1 Å². The summed E-state index contributed by atoms with van der Waals surface area (Å²) in [4.78, 5) is 27.8. The molecule has 0 saturated carbocycles. The number of aromatic nitrogens is 1. The normalized spacial score (nSPS) is 14.1. The summed E-state index contributed by atoms with van der Waals surface area (Å²) in [5.74, 6) is 0.394. The zero-order valence-corrected chi connectivity index (χ0v) is 18.5. The van der Waals surface area contributed by atoms with E-state index in [0.717, 1.165) is 35.0 Å². The van der Waals surface area contributed by atoms with Crippen LogP contribution in [0.15, 0.2) is 24.4 Å². The Morgan fingerprint density at radius 2 is 1.90 bits per heavy atom. The monoisotopic (exact) mass is 403 g/mol. The number of halogens is 1. The Bertz CT molecular complexity index is 832. The molecule has 1 atom stereocenters. The first kappa shape index (κ1) is 24.5. The second-order valence-electron chi connectivity index (χ2n) is 7.34. The number of alkyl halides is 1. The quantitative estimate of drug-likeness (QED) is 0.775. The lowest BCUT2D eigenvalue weighted by Crippen LogP contribution is -2.48. The van der Waals surface area contributed by atoms with Crippen molar-refractivity contribution in [3.05, 3.63) is 35.5 Å². The van der Waals surface area contributed by atoms with Crippen LogP contribution in [0.25, 0.3) is 10.9 Å². The van der Waals surface area contributed by atoms with Gasteiger partial charge in [0, 0.05) is 23.7 Å². The topological polar surface area (TPSA) is 76.3 Å². The van der Waals surface area contributed by atoms with E-state index in [9.17, 15) is 14.0 Å². The molecule has 1 aromatic heterocycles. The summed E-state index contributed by atoms with van der Waals surface area (Å²) >= 11 is 0. The van der Waals surface area contributed by atoms with Crippen LogP contribution in [-0.2, 0) is 4.79 Å². The molecule has 1 aromatic carbocycles. The van der Waals surface area contributed by atoms with Crippen molar-refractivity contribution >= 4 is 28.3 Å². The molecule has 6 heteroatoms. The van der Waals surface area contributed by atoms with Crippen molar-refractivity contribution in [1.29, 1.82) is 0 Å². The van der Waals surface area contributed by atoms with Crippen molar-refractivity contribution < 1.29 is 14.0 Å². The van der Waals surface area contributed by atoms with Crippen LogP contribution >= 0.6 is 0 Å². The van der Waals surface area contributed by atoms with Gasteiger partial charge in [0.15, 0.2) is 0 Å². The van der Waals surface area contributed by atoms with E-state index < -0.39 is 12.1 Å². The first-order valence-corrected chi connectivity index (χ1v) is 10.3. The van der Waals surface area contributed by atoms with Gasteiger partial charge in [0.2, 0.25) is 5.91 Å². The number of hydrogen-bond acceptors (Lipinski definition) is 4. The number of fused-ring (bicyclic) bond motifs is 1. The minimum atomic E-state index is -0.736. The van der Waals surface area contributed by atoms with Crippen LogP contribution in [-0.4, -0.2) is 35.9 Å². The summed E-state index contributed by atoms with van der Waals surface area (Å²) in [5, 5.41) is 0.870. The number of anilines is 1. The Hall–Kier alpha value is -2.50. The van der Waals surface area contributed by atoms with Crippen LogP contribution < -0.4 is 10.6 Å². The molecule has 5 nitrogen and oxygen atoms in total. The van der Waals surface area contributed by atoms with Crippen molar-refractivity contribution in [2.75, 3.05) is 18.0 Å². The number of nitrogens with two attached hydrogens (primary N) is 1. The van der Waals surface area contributed by atoms with Crippen LogP contribution in [0.3, 0.4) is 0 Å². The van der Waals surface area contributed by atoms with E-state index in [1.807, 2.05) is 37.8 Å². The number of hydrogen-bond donors (Lipinski definition) is 1. The number of benzene rings is 1. The highest BCUT2D eigenvalue weighted by molar-refractivity contribution is 5.97. The molecule has 2 N–H and O–H groups in total. The lowest BCUT2D eigenvalue weighted by Gasteiger charge is -2.37. The average Bonchev–Trinajstić information content (AvgIpc) is 2.66. The number of carbonyl (C=O) groups is 2. The van der Waals surface area contributed by atoms with E-state index in [-0.39, 0.29) is 0 Å². The van der Waals surface area contributed by atoms with Gasteiger partial charge in [-0.2, -0.15) is 0 Å². The number of rotatable bonds is 5. The number of pyridine rings is 1. The minimum Gasteiger partial charge on any atom is -0.366 e. The fraction of sp³-hybridized carbons (Fsp3) is 0.522. The molecule has 1 unspecified atom stereocenters. The second kappa shape index (κ2) is 11.5. The van der Waals surface area contributed by atoms with Gasteiger partial charge < -0.3 is 15.4 Å². The third kappa shape index (κ3) is 7.11. The fourth-order valence-corrected chi connectivity index (χ4v) is 3.01. The number of ketones is 1. The first-order valence-electron chi connectivity index (χ1n) is 10.3. The molecule has 0 bridgehead atoms. The second-order valence-corrected chi connectivity index (χ2v) is 7.34. The van der Waals surface area contributed by atoms with Gasteiger partial charge in [0.25, 0.3) is 0 Å². The highest BCUT2D eigenvalue weighted by atomic mass is 19.1. The number of amides is 1. The Morgan fingerprint density at radius 1 is 1.28 bits per heavy atom. The predicted molar refractivity (Wildman–Crippen MR) is 118 cm³/mol. The fourth-order valence-electron chi connectivity index (χ4n) is 3.01. The van der Waals surface area contributed by atoms with E-state index >= 15 is 0 Å². The Morgan fingerprint density at radius 3 is 2.34 bits per heavy atom. The molecular formula is C23H34FN3O2. The summed E-state index contributed by atoms with van der Waals surface area (Å²) < 4.78 is 12.9. The summed E-state index contributed by atoms with van der Waals surface area (Å²) in [5.41, 5.74) is 8.46. The standard InChI is InChI=1S/C14H14FN3O.C7H14O.C2H6/c1-8-2-9-3-10(14(16)19)5-17-12(9)4-13(8)18-6-11(15)7-18;1-4-6(2)5-7(3)8;1-2/h2-5,11H,6-7H2,1H3,(H2,16,19);6H,4-5H2,1-3H3;1-2H3. The third-order valence-corrected chi connectivity index (χ3v) is 4.79. The van der Waals surface area contributed by atoms with Gasteiger partial charge in [0.05, 0.1) is 24.2 Å². The van der Waals surface area contributed by atoms with E-state index in [1.54, 1.807) is 13.0 Å². The maximum Gasteiger partial charge on any atom is 0.250 e. The van der Waals surface area contributed by atoms with Crippen molar-refractivity contribution in [1.82, 2.24) is 4.98 Å². The number of nitrogens with zero attached hydrogens (tertiary/aromatic N) is 2. The molecule has 1 aliphatic rings. The molecule has 1 fully saturated rings. The highest BCUT2D eigenvalue weighted by Gasteiger charge is 2.27. The lowest BCUT2D eigenvalue weighted by atomic mass is 10.0. The van der Waals surface area contributed by atoms with Gasteiger partial charge in [-0.3, -0.25) is 9.78 Å². The third-order valence-electron chi connectivity index (χ3n) is 4.79. The number of carbonyl (C=O) groups excluding carboxylic acids is 2. The number of primary amides is 1. The SMILES string of the molecule is CC.CCC(C)CC(C)=O.Cc1cc2cc(C(N)=O)cnc2cc1N1CC(F)C1. The van der Waals surface area contributed by atoms with E-state index in [1.165, 1.54) is 6.20 Å². The molecular weight excluding hydrogens is 369 g/mol. The van der Waals surface area contributed by atoms with Gasteiger partial charge >= 0.3 is 0 Å². The molecule has 1 aliphatic heterocycles. The molecule has 2 heterocycles. The van der Waals surface area contributed by atoms with Gasteiger partial charge in [0.1, 0.15) is 12.0 Å². The van der Waals surface area contributed by atoms with Crippen molar-refractivity contribution in [2.24, 2.45) is 11.7 Å². The van der Waals surface area contributed by atoms with Gasteiger partial charge in [-0.15, -0.1) is 0 Å². The molecule has 0 aliphatic carbocycles. The maximum absolute atomic E-state index is 12.9. The zero-order chi connectivity index (χ0) is 22.1. The maximum atomic E-state index is 12.9. The molecule has 1 amide bonds. The molecule has 3 rings (SSSR count). The molecule has 29 heavy (non-hydrogen) atoms. The van der Waals surface area contributed by atoms with Crippen molar-refractivity contribution in [2.45, 2.75) is 60.6 Å². The number of aryl methyl sites for hydroxylation is 1. The van der Waals surface area contributed by atoms with Gasteiger partial charge in [-0.1, -0.05) is 34.1 Å². The number of Topliss-reactive ketones (excluding diaryl/α,β-unsaturated/α-hetero) is 1. The molecule has 0 radical (unpaired) electrons. The van der Waals surface area contributed by atoms with Gasteiger partial charge in [-0.25, -0.2) is 4.39 Å². The predicted octanol–water partition coefficient (Wildman–Crippen LogP) is 4.84. The van der Waals surface area contributed by atoms with E-state index in [2.05, 4.69) is 18.8 Å². The molecule has 0 spiro atoms. The van der Waals surface area contributed by atoms with Crippen LogP contribution in [0, 0.1) is 12.8 Å². The smallest absolute Gasteiger partial charge is 0.250 e. The van der Waals surface area contributed by atoms with E-state index in [4.69, 9.17) is 5.73 Å². The Balaban J connectivity index is 0.000000358. The van der Waals surface area contributed by atoms with E-state index in [0.29, 0.717) is 30.4 Å². The van der Waals surface area contributed by atoms with Crippen LogP contribution in [0.2, 0.25) is 0 Å². The van der Waals surface area contributed by atoms with Crippen molar-refractivity contribution in [3.8, 4) is 0 Å². The van der Waals surface area contributed by atoms with Crippen molar-refractivity contribution in [3.63, 3.8) is 0 Å². The highest BCUT2D eigenvalue weighted by Crippen LogP contribution is 2.29. The molecule has 1 saturated heterocycles. The Labute approximate surface area is 173 Å². The first-order chi connectivity index (χ1) is 13.7. The lowest BCUT2D eigenvalue weighted by molar-refractivity contribution is -0.117. The average molecular weight is 404 g/mol. The van der Waals surface area contributed by atoms with Crippen LogP contribution in [0.1, 0.15) is 63.4 Å². The summed E-state index contributed by atoms with van der Waals surface area (Å²) in [6.45, 7) is 12.7. The summed E-state index contributed by atoms with van der Waals surface area (Å²) in [6.07, 6.45) is 2.59. The van der Waals surface area contributed by atoms with Crippen LogP contribution in [0.5, 0.6) is 0 Å². The largest absolute Gasteiger partial charge is 0.366 e.